The summed E-state index contributed by atoms with van der Waals surface area (Å²) in [5, 5.41) is 4.64. The van der Waals surface area contributed by atoms with Gasteiger partial charge < -0.3 is 9.26 Å². The Morgan fingerprint density at radius 1 is 1.05 bits per heavy atom. The highest BCUT2D eigenvalue weighted by molar-refractivity contribution is 6.30. The van der Waals surface area contributed by atoms with Gasteiger partial charge in [-0.05, 0) is 43.3 Å². The molecule has 3 aromatic rings. The van der Waals surface area contributed by atoms with Gasteiger partial charge in [-0.2, -0.15) is 4.98 Å². The monoisotopic (exact) mass is 301 g/mol. The third-order valence-corrected chi connectivity index (χ3v) is 3.20. The molecule has 21 heavy (non-hydrogen) atoms. The van der Waals surface area contributed by atoms with E-state index in [1.807, 2.05) is 31.2 Å². The second-order valence-corrected chi connectivity index (χ2v) is 4.88. The Balaban J connectivity index is 2.00. The number of hydrogen-bond donors (Lipinski definition) is 0. The van der Waals surface area contributed by atoms with Crippen molar-refractivity contribution in [3.63, 3.8) is 0 Å². The number of hydrogen-bond acceptors (Lipinski definition) is 5. The Kier molecular flexibility index (Phi) is 3.58. The first-order chi connectivity index (χ1) is 10.2. The van der Waals surface area contributed by atoms with Crippen LogP contribution in [0.3, 0.4) is 0 Å². The first-order valence-corrected chi connectivity index (χ1v) is 6.67. The van der Waals surface area contributed by atoms with E-state index in [-0.39, 0.29) is 0 Å². The molecular weight excluding hydrogens is 290 g/mol. The van der Waals surface area contributed by atoms with Gasteiger partial charge in [0.1, 0.15) is 0 Å². The van der Waals surface area contributed by atoms with Crippen LogP contribution < -0.4 is 4.74 Å². The van der Waals surface area contributed by atoms with Crippen LogP contribution in [0.2, 0.25) is 5.02 Å². The standard InChI is InChI=1S/C15H12ClN3O2/c1-9-3-8-12(15(17-9)20-2)13-18-14(21-19-13)10-4-6-11(16)7-5-10/h3-8H,1-2H3. The zero-order valence-corrected chi connectivity index (χ0v) is 12.3. The molecule has 0 aliphatic heterocycles. The Hall–Kier alpha value is -2.40. The minimum atomic E-state index is 0.421. The van der Waals surface area contributed by atoms with Crippen molar-refractivity contribution in [2.45, 2.75) is 6.92 Å². The molecule has 0 unspecified atom stereocenters. The van der Waals surface area contributed by atoms with Gasteiger partial charge in [0.25, 0.3) is 5.89 Å². The van der Waals surface area contributed by atoms with E-state index >= 15 is 0 Å². The van der Waals surface area contributed by atoms with Crippen molar-refractivity contribution in [2.24, 2.45) is 0 Å². The number of aromatic nitrogens is 3. The lowest BCUT2D eigenvalue weighted by Gasteiger charge is -2.04. The molecule has 0 aliphatic rings. The van der Waals surface area contributed by atoms with Crippen LogP contribution >= 0.6 is 11.6 Å². The van der Waals surface area contributed by atoms with E-state index in [4.69, 9.17) is 20.9 Å². The lowest BCUT2D eigenvalue weighted by Crippen LogP contribution is -1.94. The molecule has 0 atom stereocenters. The summed E-state index contributed by atoms with van der Waals surface area (Å²) in [6, 6.07) is 10.9. The maximum absolute atomic E-state index is 5.86. The average Bonchev–Trinajstić information content (AvgIpc) is 2.97. The molecule has 6 heteroatoms. The van der Waals surface area contributed by atoms with E-state index in [1.165, 1.54) is 0 Å². The van der Waals surface area contributed by atoms with Crippen LogP contribution in [-0.2, 0) is 0 Å². The van der Waals surface area contributed by atoms with Gasteiger partial charge in [0, 0.05) is 16.3 Å². The molecule has 0 bridgehead atoms. The lowest BCUT2D eigenvalue weighted by atomic mass is 10.2. The average molecular weight is 302 g/mol. The molecule has 0 aliphatic carbocycles. The quantitative estimate of drug-likeness (QED) is 0.737. The summed E-state index contributed by atoms with van der Waals surface area (Å²) in [7, 11) is 1.56. The highest BCUT2D eigenvalue weighted by atomic mass is 35.5. The van der Waals surface area contributed by atoms with Crippen molar-refractivity contribution in [3.05, 3.63) is 47.1 Å². The van der Waals surface area contributed by atoms with E-state index < -0.39 is 0 Å². The summed E-state index contributed by atoms with van der Waals surface area (Å²) in [5.41, 5.74) is 2.35. The van der Waals surface area contributed by atoms with Gasteiger partial charge in [0.2, 0.25) is 11.7 Å². The highest BCUT2D eigenvalue weighted by Crippen LogP contribution is 2.28. The van der Waals surface area contributed by atoms with Crippen molar-refractivity contribution in [1.82, 2.24) is 15.1 Å². The Labute approximate surface area is 126 Å². The molecule has 5 nitrogen and oxygen atoms in total. The molecule has 0 amide bonds. The maximum Gasteiger partial charge on any atom is 0.258 e. The largest absolute Gasteiger partial charge is 0.480 e. The number of aryl methyl sites for hydroxylation is 1. The molecule has 0 spiro atoms. The van der Waals surface area contributed by atoms with E-state index in [0.29, 0.717) is 28.2 Å². The van der Waals surface area contributed by atoms with E-state index in [2.05, 4.69) is 15.1 Å². The van der Waals surface area contributed by atoms with Crippen molar-refractivity contribution in [3.8, 4) is 28.7 Å². The van der Waals surface area contributed by atoms with Crippen LogP contribution in [0.5, 0.6) is 5.88 Å². The van der Waals surface area contributed by atoms with Crippen LogP contribution in [0, 0.1) is 6.92 Å². The highest BCUT2D eigenvalue weighted by Gasteiger charge is 2.15. The molecular formula is C15H12ClN3O2. The molecule has 0 radical (unpaired) electrons. The number of rotatable bonds is 3. The Bertz CT molecular complexity index is 769. The van der Waals surface area contributed by atoms with E-state index in [0.717, 1.165) is 11.3 Å². The number of ether oxygens (including phenoxy) is 1. The summed E-state index contributed by atoms with van der Waals surface area (Å²) >= 11 is 5.86. The second kappa shape index (κ2) is 5.54. The van der Waals surface area contributed by atoms with Crippen molar-refractivity contribution in [1.29, 1.82) is 0 Å². The van der Waals surface area contributed by atoms with Crippen LogP contribution in [0.1, 0.15) is 5.69 Å². The lowest BCUT2D eigenvalue weighted by molar-refractivity contribution is 0.397. The molecule has 0 fully saturated rings. The molecule has 2 heterocycles. The third-order valence-electron chi connectivity index (χ3n) is 2.95. The predicted octanol–water partition coefficient (Wildman–Crippen LogP) is 3.77. The summed E-state index contributed by atoms with van der Waals surface area (Å²) in [6.45, 7) is 1.89. The normalized spacial score (nSPS) is 10.6. The van der Waals surface area contributed by atoms with Crippen molar-refractivity contribution in [2.75, 3.05) is 7.11 Å². The first kappa shape index (κ1) is 13.6. The third kappa shape index (κ3) is 2.73. The van der Waals surface area contributed by atoms with Gasteiger partial charge in [-0.15, -0.1) is 0 Å². The summed E-state index contributed by atoms with van der Waals surface area (Å²) in [5.74, 6) is 1.33. The van der Waals surface area contributed by atoms with Gasteiger partial charge >= 0.3 is 0 Å². The maximum atomic E-state index is 5.86. The topological polar surface area (TPSA) is 61.0 Å². The minimum absolute atomic E-state index is 0.421. The number of pyridine rings is 1. The minimum Gasteiger partial charge on any atom is -0.480 e. The van der Waals surface area contributed by atoms with Crippen LogP contribution in [0.4, 0.5) is 0 Å². The van der Waals surface area contributed by atoms with Crippen LogP contribution in [-0.4, -0.2) is 22.2 Å². The summed E-state index contributed by atoms with van der Waals surface area (Å²) in [6.07, 6.45) is 0. The van der Waals surface area contributed by atoms with E-state index in [1.54, 1.807) is 19.2 Å². The predicted molar refractivity (Wildman–Crippen MR) is 79.3 cm³/mol. The SMILES string of the molecule is COc1nc(C)ccc1-c1noc(-c2ccc(Cl)cc2)n1. The number of nitrogens with zero attached hydrogens (tertiary/aromatic N) is 3. The number of halogens is 1. The second-order valence-electron chi connectivity index (χ2n) is 4.44. The fraction of sp³-hybridized carbons (Fsp3) is 0.133. The fourth-order valence-corrected chi connectivity index (χ4v) is 2.03. The van der Waals surface area contributed by atoms with Gasteiger partial charge in [-0.3, -0.25) is 0 Å². The van der Waals surface area contributed by atoms with Crippen LogP contribution in [0.15, 0.2) is 40.9 Å². The van der Waals surface area contributed by atoms with Gasteiger partial charge in [-0.25, -0.2) is 4.98 Å². The fourth-order valence-electron chi connectivity index (χ4n) is 1.90. The molecule has 1 aromatic carbocycles. The zero-order valence-electron chi connectivity index (χ0n) is 11.5. The number of benzene rings is 1. The molecule has 106 valence electrons. The molecule has 2 aromatic heterocycles. The summed E-state index contributed by atoms with van der Waals surface area (Å²) < 4.78 is 10.5. The number of methoxy groups -OCH3 is 1. The van der Waals surface area contributed by atoms with Crippen LogP contribution in [0.25, 0.3) is 22.8 Å². The van der Waals surface area contributed by atoms with Gasteiger partial charge in [0.15, 0.2) is 0 Å². The molecule has 0 saturated heterocycles. The van der Waals surface area contributed by atoms with Gasteiger partial charge in [-0.1, -0.05) is 16.8 Å². The Morgan fingerprint density at radius 2 is 1.81 bits per heavy atom. The van der Waals surface area contributed by atoms with Crippen molar-refractivity contribution >= 4 is 11.6 Å². The van der Waals surface area contributed by atoms with E-state index in [9.17, 15) is 0 Å². The molecule has 3 rings (SSSR count). The summed E-state index contributed by atoms with van der Waals surface area (Å²) in [4.78, 5) is 8.68. The smallest absolute Gasteiger partial charge is 0.258 e. The molecule has 0 saturated carbocycles. The Morgan fingerprint density at radius 3 is 2.52 bits per heavy atom. The van der Waals surface area contributed by atoms with Crippen molar-refractivity contribution < 1.29 is 9.26 Å². The first-order valence-electron chi connectivity index (χ1n) is 6.29. The molecule has 0 N–H and O–H groups in total. The van der Waals surface area contributed by atoms with Gasteiger partial charge in [0.05, 0.1) is 12.7 Å². The zero-order chi connectivity index (χ0) is 14.8.